The molecule has 8 nitrogen and oxygen atoms in total. The Labute approximate surface area is 154 Å². The molecule has 9 heteroatoms. The van der Waals surface area contributed by atoms with Crippen molar-refractivity contribution in [2.75, 3.05) is 14.1 Å². The zero-order valence-corrected chi connectivity index (χ0v) is 17.7. The van der Waals surface area contributed by atoms with Gasteiger partial charge in [0.2, 0.25) is 6.41 Å². The van der Waals surface area contributed by atoms with Gasteiger partial charge in [-0.2, -0.15) is 0 Å². The molecule has 0 atom stereocenters. The Kier molecular flexibility index (Phi) is 42.1. The van der Waals surface area contributed by atoms with E-state index in [1.807, 2.05) is 0 Å². The van der Waals surface area contributed by atoms with E-state index in [0.29, 0.717) is 0 Å². The Balaban J connectivity index is -0.0000000414. The topological polar surface area (TPSA) is 158 Å². The Morgan fingerprint density at radius 1 is 0.818 bits per heavy atom. The minimum absolute atomic E-state index is 0. The van der Waals surface area contributed by atoms with Gasteiger partial charge in [-0.05, 0) is 26.0 Å². The molecule has 0 bridgehead atoms. The average molecular weight is 541 g/mol. The van der Waals surface area contributed by atoms with E-state index in [4.69, 9.17) is 0 Å². The van der Waals surface area contributed by atoms with Crippen molar-refractivity contribution in [3.63, 3.8) is 0 Å². The van der Waals surface area contributed by atoms with Gasteiger partial charge in [0.1, 0.15) is 0 Å². The summed E-state index contributed by atoms with van der Waals surface area (Å²) in [5.41, 5.74) is 0. The van der Waals surface area contributed by atoms with Gasteiger partial charge < -0.3 is 26.1 Å². The first-order valence-electron chi connectivity index (χ1n) is 5.36. The van der Waals surface area contributed by atoms with Gasteiger partial charge in [0, 0.05) is 45.2 Å². The average Bonchev–Trinajstić information content (AvgIpc) is 2.14. The Bertz CT molecular complexity index is 316. The minimum Gasteiger partial charge on any atom is -2.00 e. The predicted molar refractivity (Wildman–Crippen MR) is 70.0 cm³/mol. The summed E-state index contributed by atoms with van der Waals surface area (Å²) in [7, 11) is 3.38. The van der Waals surface area contributed by atoms with Crippen LogP contribution in [0.15, 0.2) is 23.7 Å². The second-order valence-corrected chi connectivity index (χ2v) is 3.80. The van der Waals surface area contributed by atoms with Gasteiger partial charge in [-0.25, -0.2) is 0 Å². The van der Waals surface area contributed by atoms with Crippen LogP contribution in [0.5, 0.6) is 0 Å². The third-order valence-corrected chi connectivity index (χ3v) is 1.02. The molecule has 0 saturated carbocycles. The first kappa shape index (κ1) is 37.3. The second-order valence-electron chi connectivity index (χ2n) is 3.80. The smallest absolute Gasteiger partial charge is 0.209 e. The van der Waals surface area contributed by atoms with Crippen molar-refractivity contribution in [1.82, 2.24) is 4.90 Å². The van der Waals surface area contributed by atoms with E-state index in [-0.39, 0.29) is 65.2 Å². The zero-order valence-electron chi connectivity index (χ0n) is 13.5. The molecule has 0 N–H and O–H groups in total. The fourth-order valence-corrected chi connectivity index (χ4v) is 0.572. The van der Waals surface area contributed by atoms with E-state index >= 15 is 0 Å². The maximum Gasteiger partial charge on any atom is 0.209 e. The molecule has 0 radical (unpaired) electrons. The number of carbonyl (C=O) groups excluding carboxylic acids is 3. The molecular formula is C13H21NO7U-6. The molecule has 0 aliphatic heterocycles. The molecule has 0 spiro atoms. The molecule has 0 aromatic rings. The number of rotatable bonds is 3. The van der Waals surface area contributed by atoms with Gasteiger partial charge in [0.05, 0.1) is 0 Å². The van der Waals surface area contributed by atoms with Crippen LogP contribution in [0.4, 0.5) is 0 Å². The summed E-state index contributed by atoms with van der Waals surface area (Å²) in [6.07, 6.45) is 2.86. The molecule has 0 aliphatic rings. The van der Waals surface area contributed by atoms with Gasteiger partial charge in [-0.15, -0.1) is 11.5 Å². The Morgan fingerprint density at radius 3 is 1.00 bits per heavy atom. The van der Waals surface area contributed by atoms with Crippen LogP contribution < -0.4 is 10.2 Å². The summed E-state index contributed by atoms with van der Waals surface area (Å²) in [5, 5.41) is 20.0. The number of amides is 1. The molecular weight excluding hydrogens is 520 g/mol. The third kappa shape index (κ3) is 76.6. The van der Waals surface area contributed by atoms with E-state index in [1.165, 1.54) is 32.6 Å². The van der Waals surface area contributed by atoms with Crippen LogP contribution in [0.3, 0.4) is 0 Å². The summed E-state index contributed by atoms with van der Waals surface area (Å²) in [6.45, 7) is 5.39. The van der Waals surface area contributed by atoms with Crippen molar-refractivity contribution in [3.05, 3.63) is 23.7 Å². The second kappa shape index (κ2) is 24.9. The molecule has 0 unspecified atom stereocenters. The quantitative estimate of drug-likeness (QED) is 0.258. The third-order valence-electron chi connectivity index (χ3n) is 1.02. The van der Waals surface area contributed by atoms with Crippen LogP contribution in [-0.4, -0.2) is 37.0 Å². The minimum atomic E-state index is -0.187. The monoisotopic (exact) mass is 541 g/mol. The van der Waals surface area contributed by atoms with Crippen LogP contribution in [-0.2, 0) is 25.3 Å². The Morgan fingerprint density at radius 2 is 1.00 bits per heavy atom. The molecule has 0 saturated heterocycles. The number of allylic oxidation sites excluding steroid dienone is 4. The number of nitrogens with zero attached hydrogens (tertiary/aromatic N) is 1. The molecule has 0 aromatic carbocycles. The van der Waals surface area contributed by atoms with Gasteiger partial charge in [0.15, 0.2) is 11.6 Å². The molecule has 130 valence electrons. The van der Waals surface area contributed by atoms with E-state index in [2.05, 4.69) is 0 Å². The molecule has 0 aliphatic carbocycles. The Hall–Kier alpha value is -1.14. The van der Waals surface area contributed by atoms with E-state index < -0.39 is 0 Å². The van der Waals surface area contributed by atoms with Crippen molar-refractivity contribution < 1.29 is 66.7 Å². The normalized spacial score (nSPS) is 8.82. The molecule has 0 rings (SSSR count). The standard InChI is InChI=1S/2C5H8O2.C3H7NO.2O.U/c2*1-4(6)3-5(2)7;1-4(2)3-5;;;/h2*3,6H,1-2H3;3H,1-2H3;;;/q;;;2*-2;/p-2/b2*4-3-;;;;. The van der Waals surface area contributed by atoms with Gasteiger partial charge in [-0.1, -0.05) is 13.8 Å². The number of carbonyl (C=O) groups is 3. The number of hydrogen-bond acceptors (Lipinski definition) is 5. The number of hydrogen-bond donors (Lipinski definition) is 0. The zero-order chi connectivity index (χ0) is 16.0. The summed E-state index contributed by atoms with van der Waals surface area (Å²) in [6, 6.07) is 0. The summed E-state index contributed by atoms with van der Waals surface area (Å²) < 4.78 is 0. The van der Waals surface area contributed by atoms with Crippen LogP contribution in [0.2, 0.25) is 0 Å². The fraction of sp³-hybridized carbons (Fsp3) is 0.462. The largest absolute Gasteiger partial charge is 2.00 e. The first-order valence-corrected chi connectivity index (χ1v) is 5.36. The summed E-state index contributed by atoms with van der Waals surface area (Å²) in [5.74, 6) is -0.750. The first-order chi connectivity index (χ1) is 8.52. The summed E-state index contributed by atoms with van der Waals surface area (Å²) in [4.78, 5) is 30.8. The maximum atomic E-state index is 9.98. The SMILES string of the molecule is CC(=O)/C=C(/C)[O-].CC(=O)/C=C(/C)[O-].CN(C)C=O.[O-2].[O-2].[U]. The maximum absolute atomic E-state index is 9.98. The van der Waals surface area contributed by atoms with Crippen molar-refractivity contribution in [2.45, 2.75) is 27.7 Å². The molecule has 0 fully saturated rings. The van der Waals surface area contributed by atoms with Crippen LogP contribution in [0.25, 0.3) is 0 Å². The van der Waals surface area contributed by atoms with E-state index in [9.17, 15) is 24.6 Å². The van der Waals surface area contributed by atoms with Gasteiger partial charge >= 0.3 is 0 Å². The molecule has 0 heterocycles. The van der Waals surface area contributed by atoms with Gasteiger partial charge in [0.25, 0.3) is 0 Å². The molecule has 1 amide bonds. The molecule has 0 aromatic heterocycles. The van der Waals surface area contributed by atoms with Crippen LogP contribution in [0.1, 0.15) is 27.7 Å². The summed E-state index contributed by atoms with van der Waals surface area (Å²) >= 11 is 0. The predicted octanol–water partition coefficient (Wildman–Crippen LogP) is -0.854. The van der Waals surface area contributed by atoms with Crippen LogP contribution >= 0.6 is 0 Å². The molecule has 22 heavy (non-hydrogen) atoms. The number of ketones is 2. The van der Waals surface area contributed by atoms with Crippen molar-refractivity contribution >= 4 is 18.0 Å². The van der Waals surface area contributed by atoms with Crippen molar-refractivity contribution in [3.8, 4) is 0 Å². The van der Waals surface area contributed by atoms with Crippen molar-refractivity contribution in [1.29, 1.82) is 0 Å². The van der Waals surface area contributed by atoms with Crippen molar-refractivity contribution in [2.24, 2.45) is 0 Å². The fourth-order valence-electron chi connectivity index (χ4n) is 0.572. The van der Waals surface area contributed by atoms with Gasteiger partial charge in [-0.3, -0.25) is 14.4 Å². The van der Waals surface area contributed by atoms with Crippen LogP contribution in [0, 0.1) is 31.1 Å². The van der Waals surface area contributed by atoms with E-state index in [0.717, 1.165) is 18.6 Å². The van der Waals surface area contributed by atoms with E-state index in [1.54, 1.807) is 14.1 Å².